The third-order valence-electron chi connectivity index (χ3n) is 2.18. The normalized spacial score (nSPS) is 15.3. The van der Waals surface area contributed by atoms with Crippen molar-refractivity contribution in [2.24, 2.45) is 5.92 Å². The van der Waals surface area contributed by atoms with Crippen molar-refractivity contribution in [1.29, 1.82) is 0 Å². The minimum absolute atomic E-state index is 0.0549. The molecular weight excluding hydrogens is 200 g/mol. The van der Waals surface area contributed by atoms with Gasteiger partial charge in [0.05, 0.1) is 5.69 Å². The lowest BCUT2D eigenvalue weighted by molar-refractivity contribution is -0.117. The molecular formula is C10H11ClN2O. The van der Waals surface area contributed by atoms with Gasteiger partial charge in [-0.1, -0.05) is 11.6 Å². The van der Waals surface area contributed by atoms with Gasteiger partial charge in [0.2, 0.25) is 5.91 Å². The molecule has 0 unspecified atom stereocenters. The van der Waals surface area contributed by atoms with E-state index in [0.717, 1.165) is 18.4 Å². The number of aryl methyl sites for hydroxylation is 1. The van der Waals surface area contributed by atoms with Crippen molar-refractivity contribution in [2.45, 2.75) is 19.8 Å². The second-order valence-electron chi connectivity index (χ2n) is 3.61. The summed E-state index contributed by atoms with van der Waals surface area (Å²) in [5.41, 5.74) is 1.60. The van der Waals surface area contributed by atoms with Gasteiger partial charge in [-0.05, 0) is 31.4 Å². The summed E-state index contributed by atoms with van der Waals surface area (Å²) in [6.07, 6.45) is 3.65. The van der Waals surface area contributed by atoms with Gasteiger partial charge in [0.15, 0.2) is 5.15 Å². The summed E-state index contributed by atoms with van der Waals surface area (Å²) in [5, 5.41) is 3.13. The molecule has 1 amide bonds. The number of aromatic nitrogens is 1. The van der Waals surface area contributed by atoms with Gasteiger partial charge >= 0.3 is 0 Å². The molecule has 0 spiro atoms. The zero-order chi connectivity index (χ0) is 10.1. The van der Waals surface area contributed by atoms with E-state index in [1.54, 1.807) is 6.20 Å². The van der Waals surface area contributed by atoms with Crippen LogP contribution in [0.15, 0.2) is 12.3 Å². The summed E-state index contributed by atoms with van der Waals surface area (Å²) in [4.78, 5) is 15.4. The van der Waals surface area contributed by atoms with Crippen LogP contribution in [0.4, 0.5) is 5.69 Å². The molecule has 4 heteroatoms. The van der Waals surface area contributed by atoms with Crippen LogP contribution >= 0.6 is 11.6 Å². The number of hydrogen-bond donors (Lipinski definition) is 1. The number of carbonyl (C=O) groups excluding carboxylic acids is 1. The number of anilines is 1. The van der Waals surface area contributed by atoms with Crippen molar-refractivity contribution in [3.8, 4) is 0 Å². The van der Waals surface area contributed by atoms with Crippen molar-refractivity contribution in [2.75, 3.05) is 5.32 Å². The summed E-state index contributed by atoms with van der Waals surface area (Å²) in [6.45, 7) is 1.91. The third-order valence-corrected chi connectivity index (χ3v) is 2.48. The average molecular weight is 211 g/mol. The fraction of sp³-hybridized carbons (Fsp3) is 0.400. The highest BCUT2D eigenvalue weighted by Gasteiger charge is 2.29. The Kier molecular flexibility index (Phi) is 2.42. The summed E-state index contributed by atoms with van der Waals surface area (Å²) >= 11 is 5.84. The molecule has 0 aromatic carbocycles. The van der Waals surface area contributed by atoms with Crippen LogP contribution in [0.25, 0.3) is 0 Å². The van der Waals surface area contributed by atoms with Gasteiger partial charge in [0, 0.05) is 12.1 Å². The Morgan fingerprint density at radius 3 is 3.00 bits per heavy atom. The molecule has 74 valence electrons. The van der Waals surface area contributed by atoms with Crippen molar-refractivity contribution in [3.63, 3.8) is 0 Å². The molecule has 0 aliphatic heterocycles. The molecule has 14 heavy (non-hydrogen) atoms. The van der Waals surface area contributed by atoms with E-state index in [4.69, 9.17) is 11.6 Å². The van der Waals surface area contributed by atoms with Crippen LogP contribution in [0, 0.1) is 12.8 Å². The predicted octanol–water partition coefficient (Wildman–Crippen LogP) is 2.39. The molecule has 1 heterocycles. The van der Waals surface area contributed by atoms with Crippen LogP contribution in [0.1, 0.15) is 18.4 Å². The summed E-state index contributed by atoms with van der Waals surface area (Å²) in [5.74, 6) is 0.242. The molecule has 1 saturated carbocycles. The first-order valence-corrected chi connectivity index (χ1v) is 4.97. The zero-order valence-corrected chi connectivity index (χ0v) is 8.64. The molecule has 0 atom stereocenters. The highest BCUT2D eigenvalue weighted by Crippen LogP contribution is 2.31. The molecule has 0 bridgehead atoms. The Morgan fingerprint density at radius 2 is 2.36 bits per heavy atom. The highest BCUT2D eigenvalue weighted by atomic mass is 35.5. The number of nitrogens with one attached hydrogen (secondary N) is 1. The zero-order valence-electron chi connectivity index (χ0n) is 7.88. The lowest BCUT2D eigenvalue weighted by atomic mass is 10.3. The highest BCUT2D eigenvalue weighted by molar-refractivity contribution is 6.32. The lowest BCUT2D eigenvalue weighted by Gasteiger charge is -2.06. The van der Waals surface area contributed by atoms with E-state index >= 15 is 0 Å². The molecule has 0 saturated heterocycles. The monoisotopic (exact) mass is 210 g/mol. The van der Waals surface area contributed by atoms with E-state index in [2.05, 4.69) is 10.3 Å². The van der Waals surface area contributed by atoms with E-state index < -0.39 is 0 Å². The van der Waals surface area contributed by atoms with E-state index in [1.807, 2.05) is 13.0 Å². The quantitative estimate of drug-likeness (QED) is 0.762. The first kappa shape index (κ1) is 9.46. The summed E-state index contributed by atoms with van der Waals surface area (Å²) in [7, 11) is 0. The number of rotatable bonds is 2. The molecule has 2 rings (SSSR count). The van der Waals surface area contributed by atoms with Crippen LogP contribution in [0.3, 0.4) is 0 Å². The number of nitrogens with zero attached hydrogens (tertiary/aromatic N) is 1. The van der Waals surface area contributed by atoms with Gasteiger partial charge in [-0.2, -0.15) is 0 Å². The van der Waals surface area contributed by atoms with Gasteiger partial charge < -0.3 is 5.32 Å². The number of carbonyl (C=O) groups is 1. The molecule has 0 radical (unpaired) electrons. The van der Waals surface area contributed by atoms with E-state index in [0.29, 0.717) is 10.8 Å². The summed E-state index contributed by atoms with van der Waals surface area (Å²) in [6, 6.07) is 1.83. The number of pyridine rings is 1. The molecule has 3 nitrogen and oxygen atoms in total. The largest absolute Gasteiger partial charge is 0.323 e. The molecule has 1 N–H and O–H groups in total. The topological polar surface area (TPSA) is 42.0 Å². The molecule has 1 aliphatic rings. The van der Waals surface area contributed by atoms with Gasteiger partial charge in [0.25, 0.3) is 0 Å². The van der Waals surface area contributed by atoms with Gasteiger partial charge in [-0.15, -0.1) is 0 Å². The Hall–Kier alpha value is -1.09. The third kappa shape index (κ3) is 2.04. The predicted molar refractivity (Wildman–Crippen MR) is 55.3 cm³/mol. The molecule has 1 aromatic heterocycles. The van der Waals surface area contributed by atoms with E-state index in [1.165, 1.54) is 0 Å². The Labute approximate surface area is 87.5 Å². The SMILES string of the molecule is Cc1cnc(Cl)c(NC(=O)C2CC2)c1. The number of halogens is 1. The average Bonchev–Trinajstić information content (AvgIpc) is 2.94. The van der Waals surface area contributed by atoms with Crippen LogP contribution in [-0.2, 0) is 4.79 Å². The van der Waals surface area contributed by atoms with Crippen molar-refractivity contribution in [1.82, 2.24) is 4.98 Å². The van der Waals surface area contributed by atoms with Crippen LogP contribution in [-0.4, -0.2) is 10.9 Å². The first-order chi connectivity index (χ1) is 6.66. The maximum absolute atomic E-state index is 11.4. The van der Waals surface area contributed by atoms with Crippen molar-refractivity contribution in [3.05, 3.63) is 23.0 Å². The van der Waals surface area contributed by atoms with Gasteiger partial charge in [-0.3, -0.25) is 4.79 Å². The second kappa shape index (κ2) is 3.58. The number of amides is 1. The maximum atomic E-state index is 11.4. The van der Waals surface area contributed by atoms with Gasteiger partial charge in [0.1, 0.15) is 0 Å². The minimum atomic E-state index is 0.0549. The van der Waals surface area contributed by atoms with Crippen LogP contribution < -0.4 is 5.32 Å². The summed E-state index contributed by atoms with van der Waals surface area (Å²) < 4.78 is 0. The van der Waals surface area contributed by atoms with Crippen molar-refractivity contribution >= 4 is 23.2 Å². The minimum Gasteiger partial charge on any atom is -0.323 e. The molecule has 1 aromatic rings. The molecule has 1 fully saturated rings. The van der Waals surface area contributed by atoms with E-state index in [9.17, 15) is 4.79 Å². The standard InChI is InChI=1S/C10H11ClN2O/c1-6-4-8(9(11)12-5-6)13-10(14)7-2-3-7/h4-5,7H,2-3H2,1H3,(H,13,14). The fourth-order valence-corrected chi connectivity index (χ4v) is 1.37. The Morgan fingerprint density at radius 1 is 1.64 bits per heavy atom. The van der Waals surface area contributed by atoms with Gasteiger partial charge in [-0.25, -0.2) is 4.98 Å². The second-order valence-corrected chi connectivity index (χ2v) is 3.97. The van der Waals surface area contributed by atoms with Crippen molar-refractivity contribution < 1.29 is 4.79 Å². The van der Waals surface area contributed by atoms with E-state index in [-0.39, 0.29) is 11.8 Å². The lowest BCUT2D eigenvalue weighted by Crippen LogP contribution is -2.13. The van der Waals surface area contributed by atoms with Crippen LogP contribution in [0.2, 0.25) is 5.15 Å². The molecule has 1 aliphatic carbocycles. The fourth-order valence-electron chi connectivity index (χ4n) is 1.22. The Balaban J connectivity index is 2.14. The first-order valence-electron chi connectivity index (χ1n) is 4.60. The Bertz CT molecular complexity index is 374. The maximum Gasteiger partial charge on any atom is 0.227 e. The number of hydrogen-bond acceptors (Lipinski definition) is 2. The van der Waals surface area contributed by atoms with Crippen LogP contribution in [0.5, 0.6) is 0 Å². The smallest absolute Gasteiger partial charge is 0.227 e.